The van der Waals surface area contributed by atoms with Crippen LogP contribution in [0.25, 0.3) is 0 Å². The summed E-state index contributed by atoms with van der Waals surface area (Å²) in [5.74, 6) is -1.54. The summed E-state index contributed by atoms with van der Waals surface area (Å²) >= 11 is 0. The molecule has 0 heterocycles. The number of carboxylic acid groups (broad SMARTS) is 1. The van der Waals surface area contributed by atoms with Crippen LogP contribution >= 0.6 is 0 Å². The Labute approximate surface area is 122 Å². The minimum Gasteiger partial charge on any atom is -0.481 e. The van der Waals surface area contributed by atoms with Crippen LogP contribution in [0.1, 0.15) is 65.7 Å². The highest BCUT2D eigenvalue weighted by Crippen LogP contribution is 2.32. The van der Waals surface area contributed by atoms with E-state index in [1.165, 1.54) is 0 Å². The van der Waals surface area contributed by atoms with Gasteiger partial charge < -0.3 is 10.0 Å². The smallest absolute Gasteiger partial charge is 0.307 e. The molecule has 0 aromatic heterocycles. The van der Waals surface area contributed by atoms with Crippen molar-refractivity contribution in [3.8, 4) is 0 Å². The van der Waals surface area contributed by atoms with Crippen molar-refractivity contribution < 1.29 is 14.7 Å². The summed E-state index contributed by atoms with van der Waals surface area (Å²) in [5.41, 5.74) is 0. The molecule has 2 unspecified atom stereocenters. The van der Waals surface area contributed by atoms with Gasteiger partial charge in [0.2, 0.25) is 5.91 Å². The predicted molar refractivity (Wildman–Crippen MR) is 79.5 cm³/mol. The molecule has 1 aliphatic carbocycles. The normalized spacial score (nSPS) is 22.8. The Kier molecular flexibility index (Phi) is 7.03. The van der Waals surface area contributed by atoms with Gasteiger partial charge in [0.25, 0.3) is 0 Å². The molecule has 4 heteroatoms. The summed E-state index contributed by atoms with van der Waals surface area (Å²) < 4.78 is 0. The number of carbonyl (C=O) groups is 2. The Morgan fingerprint density at radius 2 is 1.75 bits per heavy atom. The van der Waals surface area contributed by atoms with Crippen molar-refractivity contribution in [1.29, 1.82) is 0 Å². The SMILES string of the molecule is CCCCCN(C(=O)C1CCCCC1C(=O)O)C(C)C. The van der Waals surface area contributed by atoms with Crippen molar-refractivity contribution in [2.75, 3.05) is 6.54 Å². The number of hydrogen-bond donors (Lipinski definition) is 1. The molecule has 1 fully saturated rings. The van der Waals surface area contributed by atoms with Crippen LogP contribution in [0.4, 0.5) is 0 Å². The van der Waals surface area contributed by atoms with Crippen molar-refractivity contribution in [2.45, 2.75) is 71.8 Å². The van der Waals surface area contributed by atoms with Crippen LogP contribution in [0.5, 0.6) is 0 Å². The summed E-state index contributed by atoms with van der Waals surface area (Å²) in [7, 11) is 0. The van der Waals surface area contributed by atoms with Gasteiger partial charge in [-0.1, -0.05) is 32.6 Å². The molecule has 1 aliphatic rings. The number of nitrogens with zero attached hydrogens (tertiary/aromatic N) is 1. The highest BCUT2D eigenvalue weighted by atomic mass is 16.4. The number of carboxylic acids is 1. The first-order valence-corrected chi connectivity index (χ1v) is 8.02. The molecular weight excluding hydrogens is 254 g/mol. The quantitative estimate of drug-likeness (QED) is 0.729. The van der Waals surface area contributed by atoms with Gasteiger partial charge in [0.1, 0.15) is 0 Å². The molecule has 0 spiro atoms. The largest absolute Gasteiger partial charge is 0.481 e. The van der Waals surface area contributed by atoms with E-state index in [0.717, 1.165) is 45.1 Å². The summed E-state index contributed by atoms with van der Waals surface area (Å²) in [5, 5.41) is 9.32. The van der Waals surface area contributed by atoms with E-state index >= 15 is 0 Å². The fourth-order valence-corrected chi connectivity index (χ4v) is 3.09. The molecule has 0 saturated heterocycles. The first kappa shape index (κ1) is 17.0. The minimum atomic E-state index is -0.805. The Morgan fingerprint density at radius 1 is 1.15 bits per heavy atom. The lowest BCUT2D eigenvalue weighted by Gasteiger charge is -2.35. The van der Waals surface area contributed by atoms with Crippen LogP contribution in [-0.2, 0) is 9.59 Å². The molecule has 1 N–H and O–H groups in total. The third-order valence-electron chi connectivity index (χ3n) is 4.31. The van der Waals surface area contributed by atoms with Gasteiger partial charge >= 0.3 is 5.97 Å². The lowest BCUT2D eigenvalue weighted by atomic mass is 9.78. The van der Waals surface area contributed by atoms with Crippen LogP contribution in [0.15, 0.2) is 0 Å². The second-order valence-electron chi connectivity index (χ2n) is 6.17. The van der Waals surface area contributed by atoms with Crippen LogP contribution in [0.2, 0.25) is 0 Å². The number of aliphatic carboxylic acids is 1. The molecule has 116 valence electrons. The number of amides is 1. The molecule has 1 rings (SSSR count). The maximum absolute atomic E-state index is 12.7. The molecule has 0 bridgehead atoms. The van der Waals surface area contributed by atoms with Gasteiger partial charge in [-0.25, -0.2) is 0 Å². The fourth-order valence-electron chi connectivity index (χ4n) is 3.09. The Balaban J connectivity index is 2.73. The summed E-state index contributed by atoms with van der Waals surface area (Å²) in [6.45, 7) is 6.93. The average Bonchev–Trinajstić information content (AvgIpc) is 2.42. The zero-order valence-corrected chi connectivity index (χ0v) is 13.1. The monoisotopic (exact) mass is 283 g/mol. The zero-order valence-electron chi connectivity index (χ0n) is 13.1. The van der Waals surface area contributed by atoms with Crippen molar-refractivity contribution >= 4 is 11.9 Å². The van der Waals surface area contributed by atoms with E-state index < -0.39 is 11.9 Å². The van der Waals surface area contributed by atoms with E-state index in [2.05, 4.69) is 6.92 Å². The average molecular weight is 283 g/mol. The van der Waals surface area contributed by atoms with Crippen molar-refractivity contribution in [3.63, 3.8) is 0 Å². The lowest BCUT2D eigenvalue weighted by molar-refractivity contribution is -0.153. The molecule has 0 aliphatic heterocycles. The second-order valence-corrected chi connectivity index (χ2v) is 6.17. The van der Waals surface area contributed by atoms with Gasteiger partial charge in [-0.2, -0.15) is 0 Å². The zero-order chi connectivity index (χ0) is 15.1. The standard InChI is InChI=1S/C16H29NO3/c1-4-5-8-11-17(12(2)3)15(18)13-9-6-7-10-14(13)16(19)20/h12-14H,4-11H2,1-3H3,(H,19,20). The highest BCUT2D eigenvalue weighted by molar-refractivity contribution is 5.85. The number of hydrogen-bond acceptors (Lipinski definition) is 2. The maximum Gasteiger partial charge on any atom is 0.307 e. The predicted octanol–water partition coefficient (Wildman–Crippen LogP) is 3.30. The highest BCUT2D eigenvalue weighted by Gasteiger charge is 2.38. The van der Waals surface area contributed by atoms with Crippen LogP contribution < -0.4 is 0 Å². The number of unbranched alkanes of at least 4 members (excludes halogenated alkanes) is 2. The molecule has 0 aromatic rings. The Morgan fingerprint density at radius 3 is 2.25 bits per heavy atom. The van der Waals surface area contributed by atoms with E-state index in [4.69, 9.17) is 0 Å². The van der Waals surface area contributed by atoms with Gasteiger partial charge in [-0.3, -0.25) is 9.59 Å². The minimum absolute atomic E-state index is 0.0585. The molecule has 20 heavy (non-hydrogen) atoms. The second kappa shape index (κ2) is 8.28. The molecule has 0 aromatic carbocycles. The summed E-state index contributed by atoms with van der Waals surface area (Å²) in [4.78, 5) is 26.0. The van der Waals surface area contributed by atoms with Crippen molar-refractivity contribution in [3.05, 3.63) is 0 Å². The number of carbonyl (C=O) groups excluding carboxylic acids is 1. The molecule has 0 radical (unpaired) electrons. The molecule has 2 atom stereocenters. The topological polar surface area (TPSA) is 57.6 Å². The van der Waals surface area contributed by atoms with E-state index in [1.54, 1.807) is 0 Å². The van der Waals surface area contributed by atoms with E-state index in [0.29, 0.717) is 6.42 Å². The van der Waals surface area contributed by atoms with Crippen molar-refractivity contribution in [2.24, 2.45) is 11.8 Å². The summed E-state index contributed by atoms with van der Waals surface area (Å²) in [6, 6.07) is 0.149. The van der Waals surface area contributed by atoms with Gasteiger partial charge in [0, 0.05) is 12.6 Å². The van der Waals surface area contributed by atoms with E-state index in [9.17, 15) is 14.7 Å². The van der Waals surface area contributed by atoms with E-state index in [1.807, 2.05) is 18.7 Å². The maximum atomic E-state index is 12.7. The molecule has 1 saturated carbocycles. The van der Waals surface area contributed by atoms with Crippen LogP contribution in [-0.4, -0.2) is 34.5 Å². The van der Waals surface area contributed by atoms with Crippen molar-refractivity contribution in [1.82, 2.24) is 4.90 Å². The van der Waals surface area contributed by atoms with Gasteiger partial charge in [0.05, 0.1) is 11.8 Å². The Bertz CT molecular complexity index is 328. The van der Waals surface area contributed by atoms with E-state index in [-0.39, 0.29) is 17.9 Å². The van der Waals surface area contributed by atoms with Crippen LogP contribution in [0.3, 0.4) is 0 Å². The molecule has 4 nitrogen and oxygen atoms in total. The summed E-state index contributed by atoms with van der Waals surface area (Å²) in [6.07, 6.45) is 6.52. The first-order chi connectivity index (χ1) is 9.49. The van der Waals surface area contributed by atoms with Gasteiger partial charge in [0.15, 0.2) is 0 Å². The fraction of sp³-hybridized carbons (Fsp3) is 0.875. The van der Waals surface area contributed by atoms with Crippen LogP contribution in [0, 0.1) is 11.8 Å². The first-order valence-electron chi connectivity index (χ1n) is 8.02. The molecular formula is C16H29NO3. The molecule has 1 amide bonds. The third-order valence-corrected chi connectivity index (χ3v) is 4.31. The van der Waals surface area contributed by atoms with Gasteiger partial charge in [-0.05, 0) is 33.1 Å². The lowest BCUT2D eigenvalue weighted by Crippen LogP contribution is -2.45. The van der Waals surface area contributed by atoms with Gasteiger partial charge in [-0.15, -0.1) is 0 Å². The number of rotatable bonds is 7. The third kappa shape index (κ3) is 4.50. The Hall–Kier alpha value is -1.06.